The van der Waals surface area contributed by atoms with Crippen molar-refractivity contribution < 1.29 is 9.53 Å². The Hall–Kier alpha value is -1.49. The third-order valence-corrected chi connectivity index (χ3v) is 3.52. The van der Waals surface area contributed by atoms with Gasteiger partial charge in [-0.2, -0.15) is 0 Å². The molecule has 1 heterocycles. The number of hydrogen-bond donors (Lipinski definition) is 0. The number of carbonyl (C=O) groups is 1. The molecule has 0 spiro atoms. The Labute approximate surface area is 108 Å². The van der Waals surface area contributed by atoms with E-state index >= 15 is 0 Å². The molecule has 100 valence electrons. The van der Waals surface area contributed by atoms with Crippen LogP contribution in [0.1, 0.15) is 37.2 Å². The second-order valence-corrected chi connectivity index (χ2v) is 4.38. The first kappa shape index (κ1) is 14.6. The van der Waals surface area contributed by atoms with Gasteiger partial charge in [0.1, 0.15) is 0 Å². The number of nitrogens with zero attached hydrogens (tertiary/aromatic N) is 3. The van der Waals surface area contributed by atoms with Crippen molar-refractivity contribution in [1.29, 1.82) is 0 Å². The number of methoxy groups -OCH3 is 1. The van der Waals surface area contributed by atoms with Crippen LogP contribution in [0, 0.1) is 0 Å². The zero-order valence-electron chi connectivity index (χ0n) is 11.7. The van der Waals surface area contributed by atoms with Crippen molar-refractivity contribution >= 4 is 5.78 Å². The molecule has 0 radical (unpaired) electrons. The van der Waals surface area contributed by atoms with Crippen LogP contribution in [0.2, 0.25) is 0 Å². The molecule has 18 heavy (non-hydrogen) atoms. The van der Waals surface area contributed by atoms with Crippen molar-refractivity contribution in [2.24, 2.45) is 0 Å². The molecular weight excluding hydrogens is 230 g/mol. The van der Waals surface area contributed by atoms with Crippen molar-refractivity contribution in [3.8, 4) is 5.88 Å². The lowest BCUT2D eigenvalue weighted by atomic mass is 9.85. The van der Waals surface area contributed by atoms with Crippen LogP contribution in [0.5, 0.6) is 5.88 Å². The van der Waals surface area contributed by atoms with Gasteiger partial charge in [0.2, 0.25) is 11.7 Å². The van der Waals surface area contributed by atoms with Crippen LogP contribution in [-0.2, 0) is 0 Å². The van der Waals surface area contributed by atoms with E-state index in [1.165, 1.54) is 19.5 Å². The van der Waals surface area contributed by atoms with Crippen LogP contribution in [0.3, 0.4) is 0 Å². The Morgan fingerprint density at radius 2 is 1.83 bits per heavy atom. The van der Waals surface area contributed by atoms with Crippen LogP contribution in [0.4, 0.5) is 0 Å². The van der Waals surface area contributed by atoms with Crippen molar-refractivity contribution in [3.63, 3.8) is 0 Å². The Balaban J connectivity index is 3.26. The summed E-state index contributed by atoms with van der Waals surface area (Å²) in [7, 11) is 5.32. The van der Waals surface area contributed by atoms with Gasteiger partial charge in [0, 0.05) is 12.4 Å². The van der Waals surface area contributed by atoms with E-state index in [4.69, 9.17) is 4.74 Å². The maximum atomic E-state index is 12.7. The minimum absolute atomic E-state index is 0.0394. The molecule has 0 amide bonds. The fourth-order valence-corrected chi connectivity index (χ4v) is 2.26. The van der Waals surface area contributed by atoms with Crippen molar-refractivity contribution in [2.75, 3.05) is 21.2 Å². The summed E-state index contributed by atoms with van der Waals surface area (Å²) < 4.78 is 5.12. The van der Waals surface area contributed by atoms with Crippen LogP contribution < -0.4 is 4.74 Å². The summed E-state index contributed by atoms with van der Waals surface area (Å²) in [5.74, 6) is 0.248. The minimum Gasteiger partial charge on any atom is -0.479 e. The zero-order valence-corrected chi connectivity index (χ0v) is 11.7. The van der Waals surface area contributed by atoms with Gasteiger partial charge in [-0.25, -0.2) is 9.97 Å². The highest BCUT2D eigenvalue weighted by molar-refractivity contribution is 6.03. The second-order valence-electron chi connectivity index (χ2n) is 4.38. The zero-order chi connectivity index (χ0) is 13.8. The smallest absolute Gasteiger partial charge is 0.243 e. The number of Topliss-reactive ketones (excluding diaryl/α,β-unsaturated/α-hetero) is 1. The van der Waals surface area contributed by atoms with Gasteiger partial charge >= 0.3 is 0 Å². The molecular formula is C13H21N3O2. The monoisotopic (exact) mass is 251 g/mol. The molecule has 5 nitrogen and oxygen atoms in total. The minimum atomic E-state index is -0.552. The van der Waals surface area contributed by atoms with E-state index < -0.39 is 5.54 Å². The van der Waals surface area contributed by atoms with E-state index in [0.29, 0.717) is 5.69 Å². The maximum absolute atomic E-state index is 12.7. The molecule has 0 aliphatic rings. The summed E-state index contributed by atoms with van der Waals surface area (Å²) in [6.45, 7) is 4.01. The van der Waals surface area contributed by atoms with Gasteiger partial charge in [-0.05, 0) is 26.9 Å². The van der Waals surface area contributed by atoms with Gasteiger partial charge in [0.25, 0.3) is 0 Å². The van der Waals surface area contributed by atoms with Crippen LogP contribution in [-0.4, -0.2) is 47.4 Å². The summed E-state index contributed by atoms with van der Waals surface area (Å²) >= 11 is 0. The van der Waals surface area contributed by atoms with Gasteiger partial charge < -0.3 is 4.74 Å². The summed E-state index contributed by atoms with van der Waals surface area (Å²) in [5, 5.41) is 0. The van der Waals surface area contributed by atoms with E-state index in [-0.39, 0.29) is 11.7 Å². The summed E-state index contributed by atoms with van der Waals surface area (Å²) in [6.07, 6.45) is 4.47. The largest absolute Gasteiger partial charge is 0.479 e. The topological polar surface area (TPSA) is 55.3 Å². The first-order chi connectivity index (χ1) is 8.53. The van der Waals surface area contributed by atoms with Crippen molar-refractivity contribution in [2.45, 2.75) is 32.2 Å². The predicted octanol–water partition coefficient (Wildman–Crippen LogP) is 1.79. The number of ether oxygens (including phenoxy) is 1. The molecule has 1 aromatic rings. The Morgan fingerprint density at radius 3 is 2.28 bits per heavy atom. The van der Waals surface area contributed by atoms with Crippen molar-refractivity contribution in [1.82, 2.24) is 14.9 Å². The summed E-state index contributed by atoms with van der Waals surface area (Å²) in [4.78, 5) is 22.8. The summed E-state index contributed by atoms with van der Waals surface area (Å²) in [5.41, 5.74) is -0.249. The molecule has 0 saturated carbocycles. The molecule has 5 heteroatoms. The van der Waals surface area contributed by atoms with E-state index in [1.54, 1.807) is 0 Å². The lowest BCUT2D eigenvalue weighted by Gasteiger charge is -2.36. The molecule has 0 saturated heterocycles. The SMILES string of the molecule is CCC(CC)(C(=O)c1nccnc1OC)N(C)C. The van der Waals surface area contributed by atoms with Gasteiger partial charge in [-0.15, -0.1) is 0 Å². The van der Waals surface area contributed by atoms with E-state index in [1.807, 2.05) is 32.8 Å². The molecule has 0 aliphatic heterocycles. The highest BCUT2D eigenvalue weighted by Gasteiger charge is 2.40. The lowest BCUT2D eigenvalue weighted by molar-refractivity contribution is 0.0646. The number of hydrogen-bond acceptors (Lipinski definition) is 5. The fraction of sp³-hybridized carbons (Fsp3) is 0.615. The van der Waals surface area contributed by atoms with Gasteiger partial charge in [0.15, 0.2) is 5.69 Å². The number of likely N-dealkylation sites (N-methyl/N-ethyl adjacent to an activating group) is 1. The normalized spacial score (nSPS) is 11.7. The third-order valence-electron chi connectivity index (χ3n) is 3.52. The Kier molecular flexibility index (Phi) is 4.78. The molecule has 1 aromatic heterocycles. The summed E-state index contributed by atoms with van der Waals surface area (Å²) in [6, 6.07) is 0. The molecule has 0 N–H and O–H groups in total. The average Bonchev–Trinajstić information content (AvgIpc) is 2.40. The number of carbonyl (C=O) groups excluding carboxylic acids is 1. The second kappa shape index (κ2) is 5.91. The van der Waals surface area contributed by atoms with Crippen LogP contribution in [0.15, 0.2) is 12.4 Å². The van der Waals surface area contributed by atoms with E-state index in [9.17, 15) is 4.79 Å². The number of aromatic nitrogens is 2. The van der Waals surface area contributed by atoms with Crippen LogP contribution in [0.25, 0.3) is 0 Å². The third kappa shape index (κ3) is 2.36. The van der Waals surface area contributed by atoms with E-state index in [0.717, 1.165) is 12.8 Å². The molecule has 0 unspecified atom stereocenters. The first-order valence-corrected chi connectivity index (χ1v) is 6.10. The Bertz CT molecular complexity index is 414. The highest BCUT2D eigenvalue weighted by atomic mass is 16.5. The lowest BCUT2D eigenvalue weighted by Crippen LogP contribution is -2.50. The molecule has 0 bridgehead atoms. The number of rotatable bonds is 6. The molecule has 1 rings (SSSR count). The molecule has 0 aromatic carbocycles. The van der Waals surface area contributed by atoms with Gasteiger partial charge in [0.05, 0.1) is 12.6 Å². The van der Waals surface area contributed by atoms with Crippen LogP contribution >= 0.6 is 0 Å². The molecule has 0 fully saturated rings. The average molecular weight is 251 g/mol. The fourth-order valence-electron chi connectivity index (χ4n) is 2.26. The first-order valence-electron chi connectivity index (χ1n) is 6.10. The quantitative estimate of drug-likeness (QED) is 0.721. The maximum Gasteiger partial charge on any atom is 0.243 e. The van der Waals surface area contributed by atoms with Gasteiger partial charge in [-0.1, -0.05) is 13.8 Å². The molecule has 0 aliphatic carbocycles. The highest BCUT2D eigenvalue weighted by Crippen LogP contribution is 2.28. The molecule has 0 atom stereocenters. The predicted molar refractivity (Wildman–Crippen MR) is 69.9 cm³/mol. The Morgan fingerprint density at radius 1 is 1.28 bits per heavy atom. The van der Waals surface area contributed by atoms with Crippen molar-refractivity contribution in [3.05, 3.63) is 18.1 Å². The van der Waals surface area contributed by atoms with E-state index in [2.05, 4.69) is 9.97 Å². The standard InChI is InChI=1S/C13H21N3O2/c1-6-13(7-2,16(3)4)11(17)10-12(18-5)15-9-8-14-10/h8-9H,6-7H2,1-5H3. The van der Waals surface area contributed by atoms with Gasteiger partial charge in [-0.3, -0.25) is 9.69 Å². The number of ketones is 1.